The lowest BCUT2D eigenvalue weighted by atomic mass is 10.2. The van der Waals surface area contributed by atoms with Gasteiger partial charge < -0.3 is 15.2 Å². The fourth-order valence-electron chi connectivity index (χ4n) is 2.20. The molecule has 8 nitrogen and oxygen atoms in total. The van der Waals surface area contributed by atoms with Crippen LogP contribution in [0.3, 0.4) is 0 Å². The zero-order valence-electron chi connectivity index (χ0n) is 14.6. The largest absolute Gasteiger partial charge is 0.495 e. The Labute approximate surface area is 156 Å². The van der Waals surface area contributed by atoms with Crippen molar-refractivity contribution in [2.75, 3.05) is 17.1 Å². The molecule has 0 spiro atoms. The van der Waals surface area contributed by atoms with Crippen molar-refractivity contribution in [3.8, 4) is 5.75 Å². The van der Waals surface area contributed by atoms with Crippen LogP contribution in [-0.2, 0) is 19.6 Å². The van der Waals surface area contributed by atoms with E-state index < -0.39 is 16.0 Å². The van der Waals surface area contributed by atoms with E-state index >= 15 is 0 Å². The van der Waals surface area contributed by atoms with Gasteiger partial charge >= 0.3 is 5.97 Å². The van der Waals surface area contributed by atoms with Gasteiger partial charge in [0.2, 0.25) is 5.91 Å². The zero-order valence-corrected chi connectivity index (χ0v) is 15.4. The summed E-state index contributed by atoms with van der Waals surface area (Å²) in [6.07, 6.45) is 2.31. The van der Waals surface area contributed by atoms with Crippen LogP contribution in [0, 0.1) is 0 Å². The molecule has 3 N–H and O–H groups in total. The summed E-state index contributed by atoms with van der Waals surface area (Å²) in [5.74, 6) is -1.10. The van der Waals surface area contributed by atoms with Crippen molar-refractivity contribution in [3.05, 3.63) is 54.1 Å². The number of carboxylic acid groups (broad SMARTS) is 1. The first kappa shape index (κ1) is 20.0. The van der Waals surface area contributed by atoms with Gasteiger partial charge in [0.25, 0.3) is 10.0 Å². The highest BCUT2D eigenvalue weighted by molar-refractivity contribution is 7.92. The van der Waals surface area contributed by atoms with Crippen molar-refractivity contribution in [2.24, 2.45) is 0 Å². The number of carboxylic acids is 1. The van der Waals surface area contributed by atoms with Gasteiger partial charge in [0.15, 0.2) is 0 Å². The lowest BCUT2D eigenvalue weighted by Crippen LogP contribution is -2.14. The van der Waals surface area contributed by atoms with Gasteiger partial charge in [-0.05, 0) is 42.0 Å². The van der Waals surface area contributed by atoms with E-state index in [1.165, 1.54) is 56.5 Å². The molecule has 0 saturated carbocycles. The van der Waals surface area contributed by atoms with Gasteiger partial charge in [0.1, 0.15) is 5.75 Å². The van der Waals surface area contributed by atoms with Crippen molar-refractivity contribution in [3.63, 3.8) is 0 Å². The van der Waals surface area contributed by atoms with Crippen molar-refractivity contribution in [1.82, 2.24) is 0 Å². The number of nitrogens with one attached hydrogen (secondary N) is 2. The summed E-state index contributed by atoms with van der Waals surface area (Å²) >= 11 is 0. The molecule has 9 heteroatoms. The van der Waals surface area contributed by atoms with E-state index in [0.29, 0.717) is 11.3 Å². The third-order valence-electron chi connectivity index (χ3n) is 3.37. The molecule has 0 radical (unpaired) electrons. The monoisotopic (exact) mass is 390 g/mol. The summed E-state index contributed by atoms with van der Waals surface area (Å²) in [5, 5.41) is 11.2. The molecule has 0 aromatic heterocycles. The van der Waals surface area contributed by atoms with Crippen LogP contribution in [0.4, 0.5) is 11.4 Å². The number of rotatable bonds is 7. The number of hydrogen-bond acceptors (Lipinski definition) is 5. The number of hydrogen-bond donors (Lipinski definition) is 3. The van der Waals surface area contributed by atoms with Crippen LogP contribution < -0.4 is 14.8 Å². The molecular weight excluding hydrogens is 372 g/mol. The molecule has 0 saturated heterocycles. The molecule has 27 heavy (non-hydrogen) atoms. The molecule has 0 bridgehead atoms. The quantitative estimate of drug-likeness (QED) is 0.625. The summed E-state index contributed by atoms with van der Waals surface area (Å²) in [6.45, 7) is 1.34. The van der Waals surface area contributed by atoms with Crippen molar-refractivity contribution in [2.45, 2.75) is 11.8 Å². The number of carbonyl (C=O) groups is 2. The molecule has 0 atom stereocenters. The van der Waals surface area contributed by atoms with Gasteiger partial charge in [-0.15, -0.1) is 0 Å². The van der Waals surface area contributed by atoms with E-state index in [2.05, 4.69) is 10.0 Å². The Bertz CT molecular complexity index is 981. The maximum absolute atomic E-state index is 12.6. The van der Waals surface area contributed by atoms with Gasteiger partial charge in [0, 0.05) is 18.7 Å². The standard InChI is InChI=1S/C18H18N2O6S/c1-12(21)19-14-6-9-17(26-2)16(11-14)20-27(24,25)15-7-3-13(4-8-15)5-10-18(22)23/h3-11,20H,1-2H3,(H,19,21)(H,22,23). The number of anilines is 2. The summed E-state index contributed by atoms with van der Waals surface area (Å²) in [4.78, 5) is 21.7. The highest BCUT2D eigenvalue weighted by Crippen LogP contribution is 2.30. The van der Waals surface area contributed by atoms with E-state index in [1.54, 1.807) is 6.07 Å². The van der Waals surface area contributed by atoms with Crippen LogP contribution in [-0.4, -0.2) is 32.5 Å². The van der Waals surface area contributed by atoms with Crippen LogP contribution >= 0.6 is 0 Å². The Morgan fingerprint density at radius 1 is 1.11 bits per heavy atom. The molecular formula is C18H18N2O6S. The Balaban J connectivity index is 2.29. The molecule has 0 heterocycles. The lowest BCUT2D eigenvalue weighted by Gasteiger charge is -2.14. The maximum atomic E-state index is 12.6. The van der Waals surface area contributed by atoms with E-state index in [4.69, 9.17) is 9.84 Å². The predicted octanol–water partition coefficient (Wildman–Crippen LogP) is 2.55. The first-order valence-electron chi connectivity index (χ1n) is 7.71. The Kier molecular flexibility index (Phi) is 6.19. The van der Waals surface area contributed by atoms with E-state index in [9.17, 15) is 18.0 Å². The van der Waals surface area contributed by atoms with Crippen molar-refractivity contribution in [1.29, 1.82) is 0 Å². The summed E-state index contributed by atoms with van der Waals surface area (Å²) in [5.41, 5.74) is 1.12. The zero-order chi connectivity index (χ0) is 20.0. The second-order valence-electron chi connectivity index (χ2n) is 5.44. The number of sulfonamides is 1. The highest BCUT2D eigenvalue weighted by Gasteiger charge is 2.17. The third-order valence-corrected chi connectivity index (χ3v) is 4.75. The number of ether oxygens (including phenoxy) is 1. The Morgan fingerprint density at radius 2 is 1.78 bits per heavy atom. The van der Waals surface area contributed by atoms with Crippen LogP contribution in [0.1, 0.15) is 12.5 Å². The average Bonchev–Trinajstić information content (AvgIpc) is 2.60. The molecule has 2 rings (SSSR count). The molecule has 0 unspecified atom stereocenters. The smallest absolute Gasteiger partial charge is 0.328 e. The normalized spacial score (nSPS) is 11.2. The first-order chi connectivity index (χ1) is 12.7. The second kappa shape index (κ2) is 8.37. The van der Waals surface area contributed by atoms with Gasteiger partial charge in [-0.3, -0.25) is 9.52 Å². The average molecular weight is 390 g/mol. The number of methoxy groups -OCH3 is 1. The fourth-order valence-corrected chi connectivity index (χ4v) is 3.26. The molecule has 0 aliphatic heterocycles. The van der Waals surface area contributed by atoms with Gasteiger partial charge in [-0.2, -0.15) is 0 Å². The van der Waals surface area contributed by atoms with Crippen LogP contribution in [0.15, 0.2) is 53.4 Å². The summed E-state index contributed by atoms with van der Waals surface area (Å²) < 4.78 is 32.8. The molecule has 2 aromatic rings. The van der Waals surface area contributed by atoms with Gasteiger partial charge in [-0.1, -0.05) is 12.1 Å². The molecule has 0 fully saturated rings. The molecule has 1 amide bonds. The van der Waals surface area contributed by atoms with Crippen molar-refractivity contribution >= 4 is 39.4 Å². The summed E-state index contributed by atoms with van der Waals surface area (Å²) in [6, 6.07) is 10.2. The lowest BCUT2D eigenvalue weighted by molar-refractivity contribution is -0.131. The number of amides is 1. The minimum Gasteiger partial charge on any atom is -0.495 e. The number of carbonyl (C=O) groups excluding carboxylic acids is 1. The van der Waals surface area contributed by atoms with Crippen LogP contribution in [0.2, 0.25) is 0 Å². The van der Waals surface area contributed by atoms with E-state index in [-0.39, 0.29) is 22.2 Å². The minimum absolute atomic E-state index is 0.0121. The SMILES string of the molecule is COc1ccc(NC(C)=O)cc1NS(=O)(=O)c1ccc(C=CC(=O)O)cc1. The predicted molar refractivity (Wildman–Crippen MR) is 101 cm³/mol. The Morgan fingerprint density at radius 3 is 2.33 bits per heavy atom. The molecule has 2 aromatic carbocycles. The van der Waals surface area contributed by atoms with E-state index in [1.807, 2.05) is 0 Å². The van der Waals surface area contributed by atoms with Gasteiger partial charge in [0.05, 0.1) is 17.7 Å². The summed E-state index contributed by atoms with van der Waals surface area (Å²) in [7, 11) is -2.52. The van der Waals surface area contributed by atoms with Gasteiger partial charge in [-0.25, -0.2) is 13.2 Å². The topological polar surface area (TPSA) is 122 Å². The first-order valence-corrected chi connectivity index (χ1v) is 9.19. The fraction of sp³-hybridized carbons (Fsp3) is 0.111. The number of aliphatic carboxylic acids is 1. The van der Waals surface area contributed by atoms with E-state index in [0.717, 1.165) is 6.08 Å². The molecule has 0 aliphatic carbocycles. The Hall–Kier alpha value is -3.33. The van der Waals surface area contributed by atoms with Crippen LogP contribution in [0.25, 0.3) is 6.08 Å². The number of benzene rings is 2. The second-order valence-corrected chi connectivity index (χ2v) is 7.12. The molecule has 0 aliphatic rings. The maximum Gasteiger partial charge on any atom is 0.328 e. The third kappa shape index (κ3) is 5.58. The van der Waals surface area contributed by atoms with Crippen molar-refractivity contribution < 1.29 is 27.9 Å². The minimum atomic E-state index is -3.92. The van der Waals surface area contributed by atoms with Crippen LogP contribution in [0.5, 0.6) is 5.75 Å². The highest BCUT2D eigenvalue weighted by atomic mass is 32.2. The molecule has 142 valence electrons.